The summed E-state index contributed by atoms with van der Waals surface area (Å²) in [5.41, 5.74) is 8.33. The Hall–Kier alpha value is -7.20. The van der Waals surface area contributed by atoms with Crippen LogP contribution in [-0.4, -0.2) is 9.55 Å². The first-order valence-electron chi connectivity index (χ1n) is 32.1. The summed E-state index contributed by atoms with van der Waals surface area (Å²) < 4.78 is 96.4. The molecule has 8 aromatic carbocycles. The van der Waals surface area contributed by atoms with E-state index in [1.54, 1.807) is 30.5 Å². The molecule has 2 aromatic heterocycles. The van der Waals surface area contributed by atoms with Gasteiger partial charge >= 0.3 is 0 Å². The molecule has 80 heavy (non-hydrogen) atoms. The third-order valence-electron chi connectivity index (χ3n) is 15.8. The molecule has 5 nitrogen and oxygen atoms in total. The summed E-state index contributed by atoms with van der Waals surface area (Å²) in [5, 5.41) is 1.90. The van der Waals surface area contributed by atoms with Crippen molar-refractivity contribution in [2.24, 2.45) is 5.92 Å². The molecular formula is C74H73N4OPt-3. The number of aromatic nitrogens is 2. The third kappa shape index (κ3) is 10.1. The van der Waals surface area contributed by atoms with Gasteiger partial charge in [0.1, 0.15) is 5.82 Å². The summed E-state index contributed by atoms with van der Waals surface area (Å²) in [4.78, 5) is 8.67. The van der Waals surface area contributed by atoms with Crippen LogP contribution >= 0.6 is 0 Å². The van der Waals surface area contributed by atoms with Gasteiger partial charge in [0.15, 0.2) is 0 Å². The van der Waals surface area contributed by atoms with E-state index in [4.69, 9.17) is 12.5 Å². The van der Waals surface area contributed by atoms with E-state index in [-0.39, 0.29) is 91.4 Å². The second-order valence-electron chi connectivity index (χ2n) is 25.0. The van der Waals surface area contributed by atoms with Crippen LogP contribution in [0.1, 0.15) is 136 Å². The molecule has 2 aliphatic rings. The summed E-state index contributed by atoms with van der Waals surface area (Å²) >= 11 is 0. The maximum Gasteiger partial charge on any atom is 0.135 e. The minimum atomic E-state index is -1.59. The van der Waals surface area contributed by atoms with Crippen LogP contribution in [0.15, 0.2) is 176 Å². The first-order chi connectivity index (χ1) is 41.4. The number of anilines is 4. The number of hydrogen-bond donors (Lipinski definition) is 0. The Balaban J connectivity index is 0.00000817. The fourth-order valence-electron chi connectivity index (χ4n) is 11.4. The number of nitrogens with zero attached hydrogens (tertiary/aromatic N) is 4. The molecule has 0 amide bonds. The van der Waals surface area contributed by atoms with E-state index in [0.29, 0.717) is 67.7 Å². The third-order valence-corrected chi connectivity index (χ3v) is 15.8. The van der Waals surface area contributed by atoms with Crippen molar-refractivity contribution in [2.75, 3.05) is 9.80 Å². The number of fused-ring (bicyclic) bond motifs is 5. The van der Waals surface area contributed by atoms with E-state index in [0.717, 1.165) is 51.5 Å². The van der Waals surface area contributed by atoms with E-state index in [9.17, 15) is 9.60 Å². The number of rotatable bonds is 10. The predicted molar refractivity (Wildman–Crippen MR) is 332 cm³/mol. The molecule has 6 heteroatoms. The van der Waals surface area contributed by atoms with Gasteiger partial charge in [-0.05, 0) is 133 Å². The summed E-state index contributed by atoms with van der Waals surface area (Å²) in [6, 6.07) is 46.7. The molecule has 0 radical (unpaired) electrons. The molecule has 0 N–H and O–H groups in total. The van der Waals surface area contributed by atoms with Crippen molar-refractivity contribution >= 4 is 44.6 Å². The zero-order valence-corrected chi connectivity index (χ0v) is 50.1. The van der Waals surface area contributed by atoms with Gasteiger partial charge in [-0.1, -0.05) is 198 Å². The topological polar surface area (TPSA) is 33.5 Å². The average molecular weight is 1240 g/mol. The fraction of sp³-hybridized carbons (Fsp3) is 0.270. The van der Waals surface area contributed by atoms with Crippen molar-refractivity contribution in [3.8, 4) is 50.7 Å². The van der Waals surface area contributed by atoms with Gasteiger partial charge in [0, 0.05) is 75.2 Å². The fourth-order valence-corrected chi connectivity index (χ4v) is 11.4. The van der Waals surface area contributed by atoms with Gasteiger partial charge in [0.2, 0.25) is 0 Å². The zero-order chi connectivity index (χ0) is 63.1. The summed E-state index contributed by atoms with van der Waals surface area (Å²) in [7, 11) is 0. The first-order valence-corrected chi connectivity index (χ1v) is 27.6. The molecule has 0 saturated carbocycles. The largest absolute Gasteiger partial charge is 0.509 e. The SMILES string of the molecule is [2H]c1c([2H])c(-c2cccc(-c3c([2H])c([2H])c4c(c3[2H])C(C)(C)CCC4(C)C)c2N2[CH-]N(c3[c-]c(Oc4[c-]c5c(cc4)c4ccccc4n5-c4cc(C([2H])([2H])C(C)C)ccn4)ccc3)c3ccccc32)c([2H])c([2H])c1-c1ccc(C(C)(C)C)cc1C(C)(C)C.[Pt]. The predicted octanol–water partition coefficient (Wildman–Crippen LogP) is 20.1. The van der Waals surface area contributed by atoms with Gasteiger partial charge in [-0.3, -0.25) is 0 Å². The molecule has 0 saturated heterocycles. The Morgan fingerprint density at radius 1 is 0.637 bits per heavy atom. The van der Waals surface area contributed by atoms with Crippen molar-refractivity contribution in [3.05, 3.63) is 223 Å². The number of para-hydroxylation sites is 4. The molecule has 0 bridgehead atoms. The number of pyridine rings is 1. The van der Waals surface area contributed by atoms with E-state index in [2.05, 4.69) is 87.4 Å². The second kappa shape index (κ2) is 20.7. The number of benzene rings is 8. The van der Waals surface area contributed by atoms with Gasteiger partial charge in [-0.2, -0.15) is 12.1 Å². The number of ether oxygens (including phenoxy) is 1. The molecule has 10 aromatic rings. The van der Waals surface area contributed by atoms with E-state index in [1.165, 1.54) is 0 Å². The number of hydrogen-bond acceptors (Lipinski definition) is 4. The van der Waals surface area contributed by atoms with Gasteiger partial charge in [-0.25, -0.2) is 4.98 Å². The Bertz CT molecular complexity index is 4470. The zero-order valence-electron chi connectivity index (χ0n) is 56.8. The van der Waals surface area contributed by atoms with Crippen LogP contribution in [0.4, 0.5) is 22.7 Å². The van der Waals surface area contributed by atoms with Crippen LogP contribution in [0, 0.1) is 24.7 Å². The van der Waals surface area contributed by atoms with Crippen molar-refractivity contribution < 1.29 is 38.1 Å². The summed E-state index contributed by atoms with van der Waals surface area (Å²) in [5.74, 6) is 1.08. The van der Waals surface area contributed by atoms with Crippen molar-refractivity contribution in [2.45, 2.75) is 124 Å². The minimum absolute atomic E-state index is 0. The Labute approximate surface area is 502 Å². The second-order valence-corrected chi connectivity index (χ2v) is 25.0. The van der Waals surface area contributed by atoms with Crippen LogP contribution in [-0.2, 0) is 49.1 Å². The Morgan fingerprint density at radius 3 is 1.99 bits per heavy atom. The van der Waals surface area contributed by atoms with Gasteiger partial charge in [0.25, 0.3) is 0 Å². The molecule has 0 unspecified atom stereocenters. The van der Waals surface area contributed by atoms with Crippen LogP contribution in [0.25, 0.3) is 61.0 Å². The normalized spacial score (nSPS) is 16.6. The molecular weight excluding hydrogens is 1160 g/mol. The Kier molecular flexibility index (Phi) is 11.5. The minimum Gasteiger partial charge on any atom is -0.509 e. The molecule has 1 aliphatic carbocycles. The van der Waals surface area contributed by atoms with Crippen LogP contribution < -0.4 is 14.5 Å². The molecule has 408 valence electrons. The molecule has 0 fully saturated rings. The van der Waals surface area contributed by atoms with Gasteiger partial charge in [0.05, 0.1) is 9.60 Å². The van der Waals surface area contributed by atoms with Crippen LogP contribution in [0.5, 0.6) is 11.5 Å². The van der Waals surface area contributed by atoms with Crippen molar-refractivity contribution in [3.63, 3.8) is 0 Å². The molecule has 1 aliphatic heterocycles. The summed E-state index contributed by atoms with van der Waals surface area (Å²) in [6.07, 6.45) is 1.62. The maximum absolute atomic E-state index is 10.3. The van der Waals surface area contributed by atoms with E-state index < -0.39 is 22.6 Å². The molecule has 0 spiro atoms. The molecule has 3 heterocycles. The maximum atomic E-state index is 10.3. The van der Waals surface area contributed by atoms with E-state index in [1.807, 2.05) is 132 Å². The van der Waals surface area contributed by atoms with E-state index >= 15 is 0 Å². The average Bonchev–Trinajstić information content (AvgIpc) is 1.86. The molecule has 12 rings (SSSR count). The molecule has 0 atom stereocenters. The smallest absolute Gasteiger partial charge is 0.135 e. The standard InChI is InChI=1S/C74H73N4O.Pt/c1-48(2)41-49-37-40-75-69(42-49)78-65-24-14-13-21-60(65)61-35-33-56(46-68(61)78)79-55-20-17-19-54(45-55)76-47-77(67-26-16-15-25-66(67)76)70-58(22-18-23-59(70)52-31-36-62-64(43-52)74(11,12)39-38-73(62,9)10)51-29-27-50(28-30-51)57-34-32-53(71(3,4)5)44-63(57)72(6,7)8;/h13-37,40,42-44,47-48H,38-39,41H2,1-12H3;/q-3;/i27D,28D,29D,30D,31D,36D,41D2,43D;. The van der Waals surface area contributed by atoms with Crippen LogP contribution in [0.3, 0.4) is 0 Å². The van der Waals surface area contributed by atoms with Crippen LogP contribution in [0.2, 0.25) is 0 Å². The monoisotopic (exact) mass is 1240 g/mol. The van der Waals surface area contributed by atoms with Crippen molar-refractivity contribution in [1.29, 1.82) is 0 Å². The summed E-state index contributed by atoms with van der Waals surface area (Å²) in [6.45, 7) is 26.8. The van der Waals surface area contributed by atoms with Gasteiger partial charge in [-0.15, -0.1) is 48.1 Å². The van der Waals surface area contributed by atoms with Crippen molar-refractivity contribution in [1.82, 2.24) is 9.55 Å². The quantitative estimate of drug-likeness (QED) is 0.128. The van der Waals surface area contributed by atoms with Gasteiger partial charge < -0.3 is 19.1 Å². The first kappa shape index (κ1) is 44.5. The Morgan fingerprint density at radius 2 is 1.27 bits per heavy atom.